The second-order valence-electron chi connectivity index (χ2n) is 7.99. The van der Waals surface area contributed by atoms with Crippen LogP contribution >= 0.6 is 0 Å². The number of carbonyl (C=O) groups is 1. The normalized spacial score (nSPS) is 15.3. The number of carbonyl (C=O) groups excluding carboxylic acids is 1. The van der Waals surface area contributed by atoms with E-state index in [1.165, 1.54) is 12.4 Å². The molecule has 1 saturated heterocycles. The fourth-order valence-electron chi connectivity index (χ4n) is 3.67. The predicted molar refractivity (Wildman–Crippen MR) is 118 cm³/mol. The molecule has 1 aliphatic rings. The Balaban J connectivity index is 1.30. The number of alkyl halides is 3. The summed E-state index contributed by atoms with van der Waals surface area (Å²) in [5.74, 6) is 0.556. The molecule has 1 unspecified atom stereocenters. The lowest BCUT2D eigenvalue weighted by Crippen LogP contribution is -2.49. The summed E-state index contributed by atoms with van der Waals surface area (Å²) in [6, 6.07) is 3.07. The molecule has 180 valence electrons. The van der Waals surface area contributed by atoms with Crippen LogP contribution in [0.3, 0.4) is 0 Å². The molecule has 0 aliphatic carbocycles. The highest BCUT2D eigenvalue weighted by molar-refractivity contribution is 5.94. The van der Waals surface area contributed by atoms with Gasteiger partial charge in [0.2, 0.25) is 5.95 Å². The van der Waals surface area contributed by atoms with Gasteiger partial charge in [-0.05, 0) is 13.0 Å². The van der Waals surface area contributed by atoms with E-state index in [9.17, 15) is 22.8 Å². The van der Waals surface area contributed by atoms with Crippen molar-refractivity contribution < 1.29 is 18.0 Å². The van der Waals surface area contributed by atoms with Crippen molar-refractivity contribution in [2.45, 2.75) is 25.7 Å². The molecule has 1 amide bonds. The fourth-order valence-corrected chi connectivity index (χ4v) is 3.67. The first-order valence-electron chi connectivity index (χ1n) is 10.6. The molecule has 0 radical (unpaired) electrons. The molecule has 0 aromatic carbocycles. The Morgan fingerprint density at radius 1 is 1.18 bits per heavy atom. The van der Waals surface area contributed by atoms with Crippen LogP contribution in [-0.2, 0) is 12.7 Å². The SMILES string of the molecule is CC(Cn1ccc(C(=O)N2CCN(c3ncc(C(F)(F)F)cn3)CC2)c1)Nc1cc(=O)[nH]cn1. The summed E-state index contributed by atoms with van der Waals surface area (Å²) >= 11 is 0. The number of anilines is 2. The lowest BCUT2D eigenvalue weighted by atomic mass is 10.2. The first-order chi connectivity index (χ1) is 16.2. The summed E-state index contributed by atoms with van der Waals surface area (Å²) in [4.78, 5) is 41.9. The summed E-state index contributed by atoms with van der Waals surface area (Å²) in [5, 5.41) is 3.14. The first kappa shape index (κ1) is 23.3. The molecule has 0 spiro atoms. The second kappa shape index (κ2) is 9.53. The van der Waals surface area contributed by atoms with E-state index >= 15 is 0 Å². The summed E-state index contributed by atoms with van der Waals surface area (Å²) in [7, 11) is 0. The van der Waals surface area contributed by atoms with Crippen molar-refractivity contribution in [2.75, 3.05) is 36.4 Å². The molecule has 0 saturated carbocycles. The highest BCUT2D eigenvalue weighted by Gasteiger charge is 2.32. The predicted octanol–water partition coefficient (Wildman–Crippen LogP) is 1.84. The van der Waals surface area contributed by atoms with E-state index in [4.69, 9.17) is 0 Å². The van der Waals surface area contributed by atoms with Crippen molar-refractivity contribution >= 4 is 17.7 Å². The number of halogens is 3. The van der Waals surface area contributed by atoms with E-state index < -0.39 is 11.7 Å². The molecule has 2 N–H and O–H groups in total. The van der Waals surface area contributed by atoms with Gasteiger partial charge in [-0.1, -0.05) is 0 Å². The third-order valence-electron chi connectivity index (χ3n) is 5.37. The fraction of sp³-hybridized carbons (Fsp3) is 0.381. The largest absolute Gasteiger partial charge is 0.419 e. The lowest BCUT2D eigenvalue weighted by molar-refractivity contribution is -0.138. The van der Waals surface area contributed by atoms with Gasteiger partial charge < -0.3 is 24.7 Å². The van der Waals surface area contributed by atoms with Gasteiger partial charge in [-0.15, -0.1) is 0 Å². The Morgan fingerprint density at radius 3 is 2.53 bits per heavy atom. The van der Waals surface area contributed by atoms with Crippen molar-refractivity contribution in [3.8, 4) is 0 Å². The summed E-state index contributed by atoms with van der Waals surface area (Å²) in [5.41, 5.74) is -0.600. The lowest BCUT2D eigenvalue weighted by Gasteiger charge is -2.34. The van der Waals surface area contributed by atoms with Gasteiger partial charge >= 0.3 is 6.18 Å². The molecule has 1 atom stereocenters. The number of aromatic nitrogens is 5. The smallest absolute Gasteiger partial charge is 0.366 e. The van der Waals surface area contributed by atoms with Crippen molar-refractivity contribution in [2.24, 2.45) is 0 Å². The number of piperazine rings is 1. The third kappa shape index (κ3) is 5.53. The number of nitrogens with one attached hydrogen (secondary N) is 2. The average Bonchev–Trinajstić information content (AvgIpc) is 3.26. The molecule has 4 heterocycles. The van der Waals surface area contributed by atoms with Crippen LogP contribution in [0.2, 0.25) is 0 Å². The van der Waals surface area contributed by atoms with Gasteiger partial charge in [-0.2, -0.15) is 13.2 Å². The van der Waals surface area contributed by atoms with Gasteiger partial charge in [0, 0.05) is 69.6 Å². The van der Waals surface area contributed by atoms with Crippen LogP contribution in [0.4, 0.5) is 24.9 Å². The molecule has 0 bridgehead atoms. The Morgan fingerprint density at radius 2 is 1.88 bits per heavy atom. The Hall–Kier alpha value is -3.90. The minimum Gasteiger partial charge on any atom is -0.366 e. The zero-order valence-electron chi connectivity index (χ0n) is 18.3. The zero-order valence-corrected chi connectivity index (χ0v) is 18.3. The summed E-state index contributed by atoms with van der Waals surface area (Å²) in [6.07, 6.45) is 1.95. The molecular weight excluding hydrogens is 453 g/mol. The molecule has 3 aromatic heterocycles. The van der Waals surface area contributed by atoms with Crippen molar-refractivity contribution in [1.82, 2.24) is 29.4 Å². The maximum absolute atomic E-state index is 12.9. The molecule has 1 fully saturated rings. The maximum atomic E-state index is 12.9. The van der Waals surface area contributed by atoms with Crippen molar-refractivity contribution in [1.29, 1.82) is 0 Å². The number of amides is 1. The molecule has 10 nitrogen and oxygen atoms in total. The van der Waals surface area contributed by atoms with Gasteiger partial charge in [-0.3, -0.25) is 9.59 Å². The van der Waals surface area contributed by atoms with Crippen LogP contribution in [0.5, 0.6) is 0 Å². The molecular formula is C21H23F3N8O2. The van der Waals surface area contributed by atoms with Crippen molar-refractivity contribution in [3.63, 3.8) is 0 Å². The Bertz CT molecular complexity index is 1180. The number of hydrogen-bond donors (Lipinski definition) is 2. The van der Waals surface area contributed by atoms with Crippen LogP contribution in [-0.4, -0.2) is 67.5 Å². The van der Waals surface area contributed by atoms with Crippen molar-refractivity contribution in [3.05, 3.63) is 64.7 Å². The van der Waals surface area contributed by atoms with Crippen LogP contribution in [0.25, 0.3) is 0 Å². The zero-order chi connectivity index (χ0) is 24.3. The van der Waals surface area contributed by atoms with E-state index in [-0.39, 0.29) is 23.5 Å². The van der Waals surface area contributed by atoms with E-state index in [2.05, 4.69) is 25.3 Å². The summed E-state index contributed by atoms with van der Waals surface area (Å²) < 4.78 is 39.9. The monoisotopic (exact) mass is 476 g/mol. The Kier molecular flexibility index (Phi) is 6.52. The first-order valence-corrected chi connectivity index (χ1v) is 10.6. The summed E-state index contributed by atoms with van der Waals surface area (Å²) in [6.45, 7) is 4.14. The van der Waals surface area contributed by atoms with Gasteiger partial charge in [0.25, 0.3) is 11.5 Å². The second-order valence-corrected chi connectivity index (χ2v) is 7.99. The maximum Gasteiger partial charge on any atom is 0.419 e. The highest BCUT2D eigenvalue weighted by Crippen LogP contribution is 2.28. The van der Waals surface area contributed by atoms with Crippen LogP contribution in [0, 0.1) is 0 Å². The Labute approximate surface area is 192 Å². The number of H-pyrrole nitrogens is 1. The highest BCUT2D eigenvalue weighted by atomic mass is 19.4. The van der Waals surface area contributed by atoms with E-state index in [1.54, 1.807) is 22.1 Å². The van der Waals surface area contributed by atoms with E-state index in [1.807, 2.05) is 17.7 Å². The van der Waals surface area contributed by atoms with Crippen LogP contribution in [0.1, 0.15) is 22.8 Å². The minimum absolute atomic E-state index is 0.0445. The quantitative estimate of drug-likeness (QED) is 0.558. The van der Waals surface area contributed by atoms with Crippen LogP contribution < -0.4 is 15.8 Å². The van der Waals surface area contributed by atoms with E-state index in [0.717, 1.165) is 12.4 Å². The average molecular weight is 476 g/mol. The molecule has 3 aromatic rings. The molecule has 4 rings (SSSR count). The number of nitrogens with zero attached hydrogens (tertiary/aromatic N) is 6. The van der Waals surface area contributed by atoms with E-state index in [0.29, 0.717) is 44.1 Å². The van der Waals surface area contributed by atoms with Crippen LogP contribution in [0.15, 0.2) is 48.0 Å². The number of hydrogen-bond acceptors (Lipinski definition) is 7. The topological polar surface area (TPSA) is 112 Å². The van der Waals surface area contributed by atoms with Gasteiger partial charge in [-0.25, -0.2) is 15.0 Å². The minimum atomic E-state index is -4.48. The van der Waals surface area contributed by atoms with Gasteiger partial charge in [0.15, 0.2) is 0 Å². The molecule has 34 heavy (non-hydrogen) atoms. The van der Waals surface area contributed by atoms with Gasteiger partial charge in [0.1, 0.15) is 5.82 Å². The molecule has 13 heteroatoms. The standard InChI is InChI=1S/C21H23F3N8O2/c1-14(29-17-8-18(33)28-13-27-17)11-30-3-2-15(12-30)19(34)31-4-6-32(7-5-31)20-25-9-16(10-26-20)21(22,23)24/h2-3,8-10,12-14H,4-7,11H2,1H3,(H2,27,28,29,33). The van der Waals surface area contributed by atoms with Gasteiger partial charge in [0.05, 0.1) is 17.5 Å². The third-order valence-corrected chi connectivity index (χ3v) is 5.37. The molecule has 1 aliphatic heterocycles. The number of aromatic amines is 1. The number of rotatable bonds is 6.